The third-order valence-electron chi connectivity index (χ3n) is 6.19. The molecule has 0 aliphatic rings. The molecule has 202 valence electrons. The molecule has 1 amide bonds. The van der Waals surface area contributed by atoms with Gasteiger partial charge in [-0.25, -0.2) is 14.4 Å². The number of carbonyl (C=O) groups excluding carboxylic acids is 1. The largest absolute Gasteiger partial charge is 0.416 e. The smallest absolute Gasteiger partial charge is 0.397 e. The molecule has 3 heterocycles. The average molecular weight is 547 g/mol. The number of aryl methyl sites for hydroxylation is 2. The van der Waals surface area contributed by atoms with Gasteiger partial charge in [-0.3, -0.25) is 9.78 Å². The summed E-state index contributed by atoms with van der Waals surface area (Å²) in [5.74, 6) is -1.92. The van der Waals surface area contributed by atoms with Crippen molar-refractivity contribution >= 4 is 39.8 Å². The Kier molecular flexibility index (Phi) is 6.80. The Bertz CT molecular complexity index is 1770. The second-order valence-electron chi connectivity index (χ2n) is 9.14. The van der Waals surface area contributed by atoms with Crippen molar-refractivity contribution in [3.8, 4) is 11.3 Å². The molecule has 11 heteroatoms. The highest BCUT2D eigenvalue weighted by molar-refractivity contribution is 6.07. The fourth-order valence-corrected chi connectivity index (χ4v) is 4.12. The van der Waals surface area contributed by atoms with Crippen molar-refractivity contribution in [3.63, 3.8) is 0 Å². The van der Waals surface area contributed by atoms with Crippen molar-refractivity contribution in [3.05, 3.63) is 101 Å². The fraction of sp³-hybridized carbons (Fsp3) is 0.103. The predicted molar refractivity (Wildman–Crippen MR) is 146 cm³/mol. The summed E-state index contributed by atoms with van der Waals surface area (Å²) in [5.41, 5.74) is 9.14. The molecule has 0 aliphatic carbocycles. The molecule has 0 unspecified atom stereocenters. The van der Waals surface area contributed by atoms with Gasteiger partial charge in [-0.1, -0.05) is 18.2 Å². The van der Waals surface area contributed by atoms with E-state index >= 15 is 0 Å². The fourth-order valence-electron chi connectivity index (χ4n) is 4.12. The number of carbonyl (C=O) groups is 1. The normalized spacial score (nSPS) is 11.4. The molecule has 2 aromatic carbocycles. The number of para-hydroxylation sites is 1. The number of pyridine rings is 3. The number of alkyl halides is 3. The van der Waals surface area contributed by atoms with E-state index in [2.05, 4.69) is 25.6 Å². The van der Waals surface area contributed by atoms with Crippen LogP contribution in [0.1, 0.15) is 27.2 Å². The lowest BCUT2D eigenvalue weighted by atomic mass is 10.1. The van der Waals surface area contributed by atoms with Crippen LogP contribution in [0, 0.1) is 19.7 Å². The highest BCUT2D eigenvalue weighted by Crippen LogP contribution is 2.33. The summed E-state index contributed by atoms with van der Waals surface area (Å²) in [6.07, 6.45) is -3.29. The zero-order valence-corrected chi connectivity index (χ0v) is 21.3. The van der Waals surface area contributed by atoms with Crippen LogP contribution >= 0.6 is 0 Å². The minimum absolute atomic E-state index is 0.130. The highest BCUT2D eigenvalue weighted by atomic mass is 19.4. The van der Waals surface area contributed by atoms with Crippen molar-refractivity contribution < 1.29 is 22.4 Å². The van der Waals surface area contributed by atoms with E-state index in [9.17, 15) is 22.4 Å². The molecule has 0 atom stereocenters. The number of aromatic nitrogens is 3. The van der Waals surface area contributed by atoms with Gasteiger partial charge < -0.3 is 16.4 Å². The Morgan fingerprint density at radius 2 is 1.68 bits per heavy atom. The van der Waals surface area contributed by atoms with Gasteiger partial charge in [0, 0.05) is 22.5 Å². The lowest BCUT2D eigenvalue weighted by molar-refractivity contribution is -0.137. The predicted octanol–water partition coefficient (Wildman–Crippen LogP) is 7.04. The van der Waals surface area contributed by atoms with Crippen LogP contribution in [0.15, 0.2) is 72.9 Å². The van der Waals surface area contributed by atoms with Crippen molar-refractivity contribution in [2.75, 3.05) is 16.4 Å². The first-order valence-electron chi connectivity index (χ1n) is 12.0. The number of nitrogen functional groups attached to an aromatic ring is 1. The summed E-state index contributed by atoms with van der Waals surface area (Å²) in [7, 11) is 0. The number of rotatable bonds is 5. The minimum atomic E-state index is -4.83. The Labute approximate surface area is 226 Å². The molecule has 0 aliphatic heterocycles. The topological polar surface area (TPSA) is 106 Å². The summed E-state index contributed by atoms with van der Waals surface area (Å²) in [6.45, 7) is 3.69. The van der Waals surface area contributed by atoms with Crippen molar-refractivity contribution in [1.29, 1.82) is 0 Å². The lowest BCUT2D eigenvalue weighted by Gasteiger charge is -2.16. The molecule has 5 rings (SSSR count). The van der Waals surface area contributed by atoms with Gasteiger partial charge in [-0.2, -0.15) is 13.2 Å². The maximum Gasteiger partial charge on any atom is 0.416 e. The Balaban J connectivity index is 1.61. The van der Waals surface area contributed by atoms with E-state index < -0.39 is 29.0 Å². The van der Waals surface area contributed by atoms with Gasteiger partial charge in [0.1, 0.15) is 5.82 Å². The molecule has 4 N–H and O–H groups in total. The van der Waals surface area contributed by atoms with Gasteiger partial charge in [0.25, 0.3) is 5.91 Å². The molecule has 5 aromatic rings. The van der Waals surface area contributed by atoms with E-state index in [-0.39, 0.29) is 11.5 Å². The van der Waals surface area contributed by atoms with E-state index in [0.29, 0.717) is 51.5 Å². The number of nitrogens with one attached hydrogen (secondary N) is 2. The number of fused-ring (bicyclic) bond motifs is 1. The van der Waals surface area contributed by atoms with Crippen LogP contribution in [-0.4, -0.2) is 20.9 Å². The zero-order valence-electron chi connectivity index (χ0n) is 21.3. The quantitative estimate of drug-likeness (QED) is 0.204. The number of hydrogen-bond acceptors (Lipinski definition) is 6. The Morgan fingerprint density at radius 3 is 2.42 bits per heavy atom. The molecule has 0 bridgehead atoms. The van der Waals surface area contributed by atoms with E-state index in [1.165, 1.54) is 6.20 Å². The van der Waals surface area contributed by atoms with Crippen LogP contribution in [0.4, 0.5) is 40.4 Å². The summed E-state index contributed by atoms with van der Waals surface area (Å²) < 4.78 is 53.8. The molecule has 0 spiro atoms. The average Bonchev–Trinajstić information content (AvgIpc) is 2.90. The van der Waals surface area contributed by atoms with Crippen LogP contribution in [0.2, 0.25) is 0 Å². The molecule has 0 radical (unpaired) electrons. The molecule has 0 saturated heterocycles. The number of nitrogens with two attached hydrogens (primary N) is 1. The molecule has 0 fully saturated rings. The third kappa shape index (κ3) is 5.53. The summed E-state index contributed by atoms with van der Waals surface area (Å²) in [6, 6.07) is 15.8. The van der Waals surface area contributed by atoms with Crippen LogP contribution in [0.3, 0.4) is 0 Å². The number of nitrogens with zero attached hydrogens (tertiary/aromatic N) is 3. The molecule has 0 saturated carbocycles. The SMILES string of the molecule is Cc1ccccc1Nc1nc2ccc(-c3cc(N)cnc3C)nc2cc1NC(=O)c1cc(F)cc(C(F)(F)F)c1. The summed E-state index contributed by atoms with van der Waals surface area (Å²) in [4.78, 5) is 26.6. The summed E-state index contributed by atoms with van der Waals surface area (Å²) in [5, 5.41) is 5.74. The van der Waals surface area contributed by atoms with Gasteiger partial charge in [-0.15, -0.1) is 0 Å². The van der Waals surface area contributed by atoms with E-state index in [1.54, 1.807) is 24.3 Å². The number of hydrogen-bond donors (Lipinski definition) is 3. The van der Waals surface area contributed by atoms with Crippen LogP contribution in [0.5, 0.6) is 0 Å². The van der Waals surface area contributed by atoms with Gasteiger partial charge in [0.2, 0.25) is 0 Å². The zero-order chi connectivity index (χ0) is 28.6. The third-order valence-corrected chi connectivity index (χ3v) is 6.19. The maximum atomic E-state index is 14.0. The number of halogens is 4. The molecular weight excluding hydrogens is 524 g/mol. The molecular formula is C29H22F4N6O. The van der Waals surface area contributed by atoms with E-state index in [4.69, 9.17) is 5.73 Å². The molecule has 3 aromatic heterocycles. The second-order valence-corrected chi connectivity index (χ2v) is 9.14. The second kappa shape index (κ2) is 10.3. The van der Waals surface area contributed by atoms with Gasteiger partial charge in [0.05, 0.1) is 39.9 Å². The first kappa shape index (κ1) is 26.5. The Hall–Kier alpha value is -5.06. The number of anilines is 4. The first-order chi connectivity index (χ1) is 19.0. The van der Waals surface area contributed by atoms with Crippen LogP contribution in [-0.2, 0) is 6.18 Å². The molecule has 40 heavy (non-hydrogen) atoms. The van der Waals surface area contributed by atoms with Gasteiger partial charge in [-0.05, 0) is 67.9 Å². The van der Waals surface area contributed by atoms with Gasteiger partial charge >= 0.3 is 6.18 Å². The number of benzene rings is 2. The monoisotopic (exact) mass is 546 g/mol. The van der Waals surface area contributed by atoms with Crippen molar-refractivity contribution in [1.82, 2.24) is 15.0 Å². The summed E-state index contributed by atoms with van der Waals surface area (Å²) >= 11 is 0. The standard InChI is InChI=1S/C29H22F4N6O/c1-15-5-3-4-6-22(15)37-27-26(39-28(40)17-9-18(29(31,32)33)11-19(30)10-17)13-25-24(38-27)8-7-23(36-25)21-12-20(34)14-35-16(21)2/h3-14H,34H2,1-2H3,(H,37,38)(H,39,40). The Morgan fingerprint density at radius 1 is 0.900 bits per heavy atom. The highest BCUT2D eigenvalue weighted by Gasteiger charge is 2.32. The maximum absolute atomic E-state index is 14.0. The van der Waals surface area contributed by atoms with E-state index in [1.807, 2.05) is 38.1 Å². The van der Waals surface area contributed by atoms with E-state index in [0.717, 1.165) is 11.6 Å². The van der Waals surface area contributed by atoms with Crippen molar-refractivity contribution in [2.24, 2.45) is 0 Å². The molecule has 7 nitrogen and oxygen atoms in total. The lowest BCUT2D eigenvalue weighted by Crippen LogP contribution is -2.16. The number of amides is 1. The van der Waals surface area contributed by atoms with Crippen LogP contribution < -0.4 is 16.4 Å². The van der Waals surface area contributed by atoms with Crippen molar-refractivity contribution in [2.45, 2.75) is 20.0 Å². The minimum Gasteiger partial charge on any atom is -0.397 e. The van der Waals surface area contributed by atoms with Crippen LogP contribution in [0.25, 0.3) is 22.3 Å². The first-order valence-corrected chi connectivity index (χ1v) is 12.0. The van der Waals surface area contributed by atoms with Gasteiger partial charge in [0.15, 0.2) is 5.82 Å².